The van der Waals surface area contributed by atoms with Gasteiger partial charge in [-0.25, -0.2) is 4.98 Å². The van der Waals surface area contributed by atoms with Crippen molar-refractivity contribution in [3.63, 3.8) is 0 Å². The molecular formula is C20H26N4O2S. The lowest BCUT2D eigenvalue weighted by Gasteiger charge is -2.33. The molecule has 0 aromatic carbocycles. The molecule has 144 valence electrons. The molecule has 1 N–H and O–H groups in total. The first kappa shape index (κ1) is 18.4. The van der Waals surface area contributed by atoms with Gasteiger partial charge < -0.3 is 9.88 Å². The minimum Gasteiger partial charge on any atom is -0.342 e. The third-order valence-corrected chi connectivity index (χ3v) is 6.45. The fraction of sp³-hybridized carbons (Fsp3) is 0.550. The molecule has 1 fully saturated rings. The van der Waals surface area contributed by atoms with Crippen molar-refractivity contribution in [3.8, 4) is 0 Å². The fourth-order valence-corrected chi connectivity index (χ4v) is 4.85. The van der Waals surface area contributed by atoms with Gasteiger partial charge in [-0.15, -0.1) is 11.3 Å². The van der Waals surface area contributed by atoms with Crippen molar-refractivity contribution in [3.05, 3.63) is 49.8 Å². The fourth-order valence-electron chi connectivity index (χ4n) is 4.10. The van der Waals surface area contributed by atoms with Crippen LogP contribution in [0.25, 0.3) is 0 Å². The maximum Gasteiger partial charge on any atom is 0.255 e. The van der Waals surface area contributed by atoms with Gasteiger partial charge >= 0.3 is 0 Å². The number of nitrogens with one attached hydrogen (secondary N) is 1. The van der Waals surface area contributed by atoms with E-state index < -0.39 is 0 Å². The standard InChI is InChI=1S/C20H26N4O2S/c1-2-18(25)24-8-3-5-14(11-24)19-21-17-7-9-23(12-15-6-4-10-27-15)13-16(17)20(26)22-19/h4,6,10,14H,2-3,5,7-9,11-13H2,1H3,(H,21,22,26). The molecule has 0 saturated carbocycles. The van der Waals surface area contributed by atoms with Gasteiger partial charge in [-0.2, -0.15) is 0 Å². The molecule has 2 aliphatic heterocycles. The SMILES string of the molecule is CCC(=O)N1CCCC(c2nc3c(c(=O)[nH]2)CN(Cc2cccs2)CC3)C1. The molecule has 1 amide bonds. The summed E-state index contributed by atoms with van der Waals surface area (Å²) in [6.45, 7) is 5.84. The van der Waals surface area contributed by atoms with Crippen LogP contribution in [0.5, 0.6) is 0 Å². The van der Waals surface area contributed by atoms with Crippen molar-refractivity contribution in [2.75, 3.05) is 19.6 Å². The number of thiophene rings is 1. The Morgan fingerprint density at radius 3 is 3.07 bits per heavy atom. The smallest absolute Gasteiger partial charge is 0.255 e. The van der Waals surface area contributed by atoms with E-state index in [-0.39, 0.29) is 17.4 Å². The van der Waals surface area contributed by atoms with E-state index in [2.05, 4.69) is 27.4 Å². The Labute approximate surface area is 163 Å². The number of carbonyl (C=O) groups excluding carboxylic acids is 1. The van der Waals surface area contributed by atoms with Gasteiger partial charge in [0.2, 0.25) is 5.91 Å². The lowest BCUT2D eigenvalue weighted by Crippen LogP contribution is -2.40. The van der Waals surface area contributed by atoms with E-state index >= 15 is 0 Å². The first-order chi connectivity index (χ1) is 13.1. The van der Waals surface area contributed by atoms with E-state index in [4.69, 9.17) is 4.98 Å². The number of fused-ring (bicyclic) bond motifs is 1. The van der Waals surface area contributed by atoms with Crippen molar-refractivity contribution < 1.29 is 4.79 Å². The topological polar surface area (TPSA) is 69.3 Å². The molecule has 1 unspecified atom stereocenters. The average Bonchev–Trinajstić information content (AvgIpc) is 3.21. The molecule has 27 heavy (non-hydrogen) atoms. The molecule has 1 saturated heterocycles. The number of amides is 1. The minimum atomic E-state index is -0.00942. The summed E-state index contributed by atoms with van der Waals surface area (Å²) in [7, 11) is 0. The number of piperidine rings is 1. The third kappa shape index (κ3) is 3.99. The summed E-state index contributed by atoms with van der Waals surface area (Å²) in [5.74, 6) is 1.08. The van der Waals surface area contributed by atoms with Crippen molar-refractivity contribution >= 4 is 17.2 Å². The average molecular weight is 387 g/mol. The number of carbonyl (C=O) groups is 1. The molecule has 0 spiro atoms. The second kappa shape index (κ2) is 7.94. The summed E-state index contributed by atoms with van der Waals surface area (Å²) in [4.78, 5) is 38.2. The molecule has 7 heteroatoms. The molecule has 0 aliphatic carbocycles. The zero-order chi connectivity index (χ0) is 18.8. The van der Waals surface area contributed by atoms with Gasteiger partial charge in [0.25, 0.3) is 5.56 Å². The number of rotatable bonds is 4. The largest absolute Gasteiger partial charge is 0.342 e. The molecule has 2 aliphatic rings. The molecule has 4 rings (SSSR count). The molecular weight excluding hydrogens is 360 g/mol. The summed E-state index contributed by atoms with van der Waals surface area (Å²) in [6.07, 6.45) is 3.27. The van der Waals surface area contributed by atoms with Gasteiger partial charge in [-0.05, 0) is 24.3 Å². The summed E-state index contributed by atoms with van der Waals surface area (Å²) in [5, 5.41) is 2.09. The molecule has 4 heterocycles. The van der Waals surface area contributed by atoms with E-state index in [9.17, 15) is 9.59 Å². The minimum absolute atomic E-state index is 0.00942. The van der Waals surface area contributed by atoms with Gasteiger partial charge in [-0.1, -0.05) is 13.0 Å². The Balaban J connectivity index is 1.50. The van der Waals surface area contributed by atoms with E-state index in [0.29, 0.717) is 19.5 Å². The summed E-state index contributed by atoms with van der Waals surface area (Å²) < 4.78 is 0. The van der Waals surface area contributed by atoms with Crippen LogP contribution in [0.3, 0.4) is 0 Å². The number of aromatic amines is 1. The molecule has 1 atom stereocenters. The lowest BCUT2D eigenvalue weighted by molar-refractivity contribution is -0.132. The van der Waals surface area contributed by atoms with Crippen LogP contribution in [0.2, 0.25) is 0 Å². The van der Waals surface area contributed by atoms with Crippen molar-refractivity contribution in [1.82, 2.24) is 19.8 Å². The Morgan fingerprint density at radius 1 is 1.41 bits per heavy atom. The van der Waals surface area contributed by atoms with Gasteiger partial charge in [0.1, 0.15) is 5.82 Å². The lowest BCUT2D eigenvalue weighted by atomic mass is 9.96. The molecule has 0 radical (unpaired) electrons. The van der Waals surface area contributed by atoms with Crippen LogP contribution in [0, 0.1) is 0 Å². The highest BCUT2D eigenvalue weighted by Crippen LogP contribution is 2.26. The van der Waals surface area contributed by atoms with Crippen LogP contribution in [-0.2, 0) is 24.3 Å². The van der Waals surface area contributed by atoms with Gasteiger partial charge in [0.15, 0.2) is 0 Å². The number of hydrogen-bond donors (Lipinski definition) is 1. The highest BCUT2D eigenvalue weighted by molar-refractivity contribution is 7.09. The maximum atomic E-state index is 12.7. The van der Waals surface area contributed by atoms with Crippen LogP contribution in [0.1, 0.15) is 54.1 Å². The maximum absolute atomic E-state index is 12.7. The summed E-state index contributed by atoms with van der Waals surface area (Å²) in [6, 6.07) is 4.20. The molecule has 2 aromatic heterocycles. The molecule has 0 bridgehead atoms. The van der Waals surface area contributed by atoms with Crippen LogP contribution >= 0.6 is 11.3 Å². The second-order valence-electron chi connectivity index (χ2n) is 7.45. The van der Waals surface area contributed by atoms with Crippen molar-refractivity contribution in [1.29, 1.82) is 0 Å². The zero-order valence-corrected chi connectivity index (χ0v) is 16.6. The van der Waals surface area contributed by atoms with Crippen LogP contribution in [-0.4, -0.2) is 45.3 Å². The zero-order valence-electron chi connectivity index (χ0n) is 15.7. The van der Waals surface area contributed by atoms with E-state index in [1.807, 2.05) is 11.8 Å². The Kier molecular flexibility index (Phi) is 5.41. The number of nitrogens with zero attached hydrogens (tertiary/aromatic N) is 3. The van der Waals surface area contributed by atoms with Crippen molar-refractivity contribution in [2.45, 2.75) is 51.6 Å². The van der Waals surface area contributed by atoms with E-state index in [1.54, 1.807) is 11.3 Å². The quantitative estimate of drug-likeness (QED) is 0.877. The van der Waals surface area contributed by atoms with Gasteiger partial charge in [-0.3, -0.25) is 14.5 Å². The second-order valence-corrected chi connectivity index (χ2v) is 8.48. The first-order valence-corrected chi connectivity index (χ1v) is 10.7. The number of H-pyrrole nitrogens is 1. The third-order valence-electron chi connectivity index (χ3n) is 5.59. The van der Waals surface area contributed by atoms with Crippen LogP contribution in [0.4, 0.5) is 0 Å². The van der Waals surface area contributed by atoms with E-state index in [0.717, 1.165) is 56.0 Å². The monoisotopic (exact) mass is 386 g/mol. The number of likely N-dealkylation sites (tertiary alicyclic amines) is 1. The number of hydrogen-bond acceptors (Lipinski definition) is 5. The predicted molar refractivity (Wildman–Crippen MR) is 106 cm³/mol. The van der Waals surface area contributed by atoms with Gasteiger partial charge in [0, 0.05) is 56.4 Å². The first-order valence-electron chi connectivity index (χ1n) is 9.78. The van der Waals surface area contributed by atoms with Crippen LogP contribution in [0.15, 0.2) is 22.3 Å². The highest BCUT2D eigenvalue weighted by atomic mass is 32.1. The van der Waals surface area contributed by atoms with E-state index in [1.165, 1.54) is 4.88 Å². The molecule has 6 nitrogen and oxygen atoms in total. The molecule has 2 aromatic rings. The summed E-state index contributed by atoms with van der Waals surface area (Å²) in [5.41, 5.74) is 1.73. The predicted octanol–water partition coefficient (Wildman–Crippen LogP) is 2.51. The van der Waals surface area contributed by atoms with Crippen molar-refractivity contribution in [2.24, 2.45) is 0 Å². The summed E-state index contributed by atoms with van der Waals surface area (Å²) >= 11 is 1.75. The Hall–Kier alpha value is -1.99. The normalized spacial score (nSPS) is 20.5. The van der Waals surface area contributed by atoms with Gasteiger partial charge in [0.05, 0.1) is 11.3 Å². The number of aromatic nitrogens is 2. The Bertz CT molecular complexity index is 861. The highest BCUT2D eigenvalue weighted by Gasteiger charge is 2.28. The van der Waals surface area contributed by atoms with Crippen LogP contribution < -0.4 is 5.56 Å². The Morgan fingerprint density at radius 2 is 2.30 bits per heavy atom.